The Morgan fingerprint density at radius 2 is 2.24 bits per heavy atom. The summed E-state index contributed by atoms with van der Waals surface area (Å²) in [6.45, 7) is 10.6. The van der Waals surface area contributed by atoms with E-state index < -0.39 is 0 Å². The zero-order valence-electron chi connectivity index (χ0n) is 13.6. The molecule has 0 atom stereocenters. The third kappa shape index (κ3) is 5.30. The Bertz CT molecular complexity index is 447. The van der Waals surface area contributed by atoms with Gasteiger partial charge in [0.2, 0.25) is 0 Å². The smallest absolute Gasteiger partial charge is 0.193 e. The molecule has 1 aliphatic heterocycles. The first kappa shape index (κ1) is 16.3. The summed E-state index contributed by atoms with van der Waals surface area (Å²) in [5, 5.41) is 6.79. The lowest BCUT2D eigenvalue weighted by Crippen LogP contribution is -2.45. The van der Waals surface area contributed by atoms with Gasteiger partial charge in [-0.3, -0.25) is 4.99 Å². The number of hydrogen-bond acceptors (Lipinski definition) is 3. The monoisotopic (exact) mass is 308 g/mol. The fraction of sp³-hybridized carbons (Fsp3) is 0.750. The van der Waals surface area contributed by atoms with Gasteiger partial charge in [0.1, 0.15) is 0 Å². The van der Waals surface area contributed by atoms with Gasteiger partial charge in [0.05, 0.1) is 5.01 Å². The van der Waals surface area contributed by atoms with Crippen molar-refractivity contribution in [2.45, 2.75) is 46.5 Å². The molecule has 0 aliphatic carbocycles. The van der Waals surface area contributed by atoms with Crippen molar-refractivity contribution >= 4 is 17.3 Å². The topological polar surface area (TPSA) is 40.5 Å². The van der Waals surface area contributed by atoms with Crippen LogP contribution in [0.4, 0.5) is 0 Å². The predicted octanol–water partition coefficient (Wildman–Crippen LogP) is 3.08. The molecule has 1 saturated heterocycles. The van der Waals surface area contributed by atoms with Crippen molar-refractivity contribution in [3.8, 4) is 0 Å². The molecule has 0 bridgehead atoms. The highest BCUT2D eigenvalue weighted by Gasteiger charge is 2.18. The number of nitrogens with zero attached hydrogens (tertiary/aromatic N) is 3. The number of aryl methyl sites for hydroxylation is 2. The van der Waals surface area contributed by atoms with Crippen molar-refractivity contribution in [1.29, 1.82) is 0 Å². The van der Waals surface area contributed by atoms with Crippen molar-refractivity contribution in [2.24, 2.45) is 10.9 Å². The molecule has 0 radical (unpaired) electrons. The summed E-state index contributed by atoms with van der Waals surface area (Å²) in [6, 6.07) is 0. The van der Waals surface area contributed by atoms with Gasteiger partial charge < -0.3 is 10.2 Å². The number of guanidine groups is 1. The number of piperidine rings is 1. The van der Waals surface area contributed by atoms with E-state index in [4.69, 9.17) is 4.99 Å². The van der Waals surface area contributed by atoms with Gasteiger partial charge in [-0.25, -0.2) is 4.98 Å². The molecule has 1 fully saturated rings. The second kappa shape index (κ2) is 8.37. The first-order chi connectivity index (χ1) is 10.2. The summed E-state index contributed by atoms with van der Waals surface area (Å²) in [7, 11) is 0. The number of aromatic nitrogens is 1. The number of nitrogens with one attached hydrogen (secondary N) is 1. The van der Waals surface area contributed by atoms with Gasteiger partial charge in [-0.2, -0.15) is 0 Å². The van der Waals surface area contributed by atoms with Gasteiger partial charge in [-0.15, -0.1) is 11.3 Å². The quantitative estimate of drug-likeness (QED) is 0.516. The lowest BCUT2D eigenvalue weighted by Gasteiger charge is -2.33. The van der Waals surface area contributed by atoms with Crippen LogP contribution in [-0.2, 0) is 6.42 Å². The first-order valence-electron chi connectivity index (χ1n) is 8.13. The first-order valence-corrected chi connectivity index (χ1v) is 9.01. The molecule has 5 heteroatoms. The average Bonchev–Trinajstić information content (AvgIpc) is 2.89. The van der Waals surface area contributed by atoms with E-state index >= 15 is 0 Å². The van der Waals surface area contributed by atoms with Crippen LogP contribution in [0, 0.1) is 12.8 Å². The van der Waals surface area contributed by atoms with Gasteiger partial charge in [-0.1, -0.05) is 6.92 Å². The lowest BCUT2D eigenvalue weighted by molar-refractivity contribution is 0.273. The average molecular weight is 308 g/mol. The zero-order valence-corrected chi connectivity index (χ0v) is 14.4. The van der Waals surface area contributed by atoms with Crippen LogP contribution in [0.5, 0.6) is 0 Å². The lowest BCUT2D eigenvalue weighted by atomic mass is 10.00. The Hall–Kier alpha value is -1.10. The van der Waals surface area contributed by atoms with Gasteiger partial charge in [0.25, 0.3) is 0 Å². The van der Waals surface area contributed by atoms with E-state index in [-0.39, 0.29) is 0 Å². The Labute approximate surface area is 132 Å². The van der Waals surface area contributed by atoms with Crippen LogP contribution in [0.15, 0.2) is 10.4 Å². The van der Waals surface area contributed by atoms with Gasteiger partial charge in [0, 0.05) is 43.7 Å². The van der Waals surface area contributed by atoms with Crippen LogP contribution < -0.4 is 5.32 Å². The molecule has 0 unspecified atom stereocenters. The molecule has 0 amide bonds. The van der Waals surface area contributed by atoms with Crippen LogP contribution in [0.3, 0.4) is 0 Å². The molecule has 1 aromatic rings. The van der Waals surface area contributed by atoms with E-state index in [1.54, 1.807) is 11.3 Å². The fourth-order valence-corrected chi connectivity index (χ4v) is 3.40. The third-order valence-electron chi connectivity index (χ3n) is 3.89. The maximum absolute atomic E-state index is 4.79. The van der Waals surface area contributed by atoms with E-state index in [0.29, 0.717) is 0 Å². The summed E-state index contributed by atoms with van der Waals surface area (Å²) in [4.78, 5) is 11.7. The van der Waals surface area contributed by atoms with Crippen LogP contribution in [0.2, 0.25) is 0 Å². The summed E-state index contributed by atoms with van der Waals surface area (Å²) >= 11 is 1.76. The number of likely N-dealkylation sites (tertiary alicyclic amines) is 1. The van der Waals surface area contributed by atoms with Crippen molar-refractivity contribution < 1.29 is 0 Å². The highest BCUT2D eigenvalue weighted by molar-refractivity contribution is 7.09. The van der Waals surface area contributed by atoms with E-state index in [1.165, 1.54) is 17.8 Å². The Morgan fingerprint density at radius 3 is 2.86 bits per heavy atom. The molecule has 0 saturated carbocycles. The molecule has 0 spiro atoms. The molecule has 21 heavy (non-hydrogen) atoms. The third-order valence-corrected chi connectivity index (χ3v) is 4.92. The van der Waals surface area contributed by atoms with Gasteiger partial charge in [-0.05, 0) is 39.0 Å². The van der Waals surface area contributed by atoms with E-state index in [0.717, 1.165) is 56.6 Å². The van der Waals surface area contributed by atoms with Gasteiger partial charge >= 0.3 is 0 Å². The van der Waals surface area contributed by atoms with Crippen LogP contribution in [0.25, 0.3) is 0 Å². The molecule has 1 N–H and O–H groups in total. The summed E-state index contributed by atoms with van der Waals surface area (Å²) in [5.41, 5.74) is 1.13. The van der Waals surface area contributed by atoms with Gasteiger partial charge in [0.15, 0.2) is 5.96 Å². The number of thiazole rings is 1. The second-order valence-electron chi connectivity index (χ2n) is 5.89. The minimum atomic E-state index is 0.859. The molecule has 2 heterocycles. The minimum absolute atomic E-state index is 0.859. The highest BCUT2D eigenvalue weighted by Crippen LogP contribution is 2.16. The van der Waals surface area contributed by atoms with E-state index in [9.17, 15) is 0 Å². The normalized spacial score (nSPS) is 17.3. The molecular weight excluding hydrogens is 280 g/mol. The number of aliphatic imine (C=N–C) groups is 1. The van der Waals surface area contributed by atoms with E-state index in [1.807, 2.05) is 0 Å². The molecule has 1 aromatic heterocycles. The molecular formula is C16H28N4S. The number of rotatable bonds is 5. The zero-order chi connectivity index (χ0) is 15.1. The van der Waals surface area contributed by atoms with E-state index in [2.05, 4.69) is 41.4 Å². The summed E-state index contributed by atoms with van der Waals surface area (Å²) in [6.07, 6.45) is 4.68. The number of hydrogen-bond donors (Lipinski definition) is 1. The maximum Gasteiger partial charge on any atom is 0.193 e. The Balaban J connectivity index is 1.80. The Kier molecular flexibility index (Phi) is 6.49. The maximum atomic E-state index is 4.79. The van der Waals surface area contributed by atoms with Crippen molar-refractivity contribution in [2.75, 3.05) is 26.2 Å². The molecule has 4 nitrogen and oxygen atoms in total. The molecule has 118 valence electrons. The molecule has 0 aromatic carbocycles. The molecule has 1 aliphatic rings. The second-order valence-corrected chi connectivity index (χ2v) is 6.83. The fourth-order valence-electron chi connectivity index (χ4n) is 2.58. The Morgan fingerprint density at radius 1 is 1.48 bits per heavy atom. The minimum Gasteiger partial charge on any atom is -0.357 e. The largest absolute Gasteiger partial charge is 0.357 e. The highest BCUT2D eigenvalue weighted by atomic mass is 32.1. The van der Waals surface area contributed by atoms with Crippen molar-refractivity contribution in [3.63, 3.8) is 0 Å². The standard InChI is InChI=1S/C16H28N4S/c1-4-17-16(20-10-7-13(2)8-11-20)18-9-5-6-15-19-14(3)12-21-15/h12-13H,4-11H2,1-3H3,(H,17,18). The van der Waals surface area contributed by atoms with Crippen molar-refractivity contribution in [1.82, 2.24) is 15.2 Å². The van der Waals surface area contributed by atoms with Crippen LogP contribution in [0.1, 0.15) is 43.8 Å². The predicted molar refractivity (Wildman–Crippen MR) is 91.1 cm³/mol. The molecule has 2 rings (SSSR count). The van der Waals surface area contributed by atoms with Crippen LogP contribution in [-0.4, -0.2) is 42.0 Å². The van der Waals surface area contributed by atoms with Crippen LogP contribution >= 0.6 is 11.3 Å². The van der Waals surface area contributed by atoms with Crippen molar-refractivity contribution in [3.05, 3.63) is 16.1 Å². The summed E-state index contributed by atoms with van der Waals surface area (Å²) < 4.78 is 0. The SMILES string of the molecule is CCNC(=NCCCc1nc(C)cs1)N1CCC(C)CC1. The summed E-state index contributed by atoms with van der Waals surface area (Å²) in [5.74, 6) is 1.96.